The summed E-state index contributed by atoms with van der Waals surface area (Å²) in [6, 6.07) is 0. The van der Waals surface area contributed by atoms with Gasteiger partial charge in [-0.25, -0.2) is 0 Å². The normalized spacial score (nSPS) is 11.1. The number of hydrogen-bond donors (Lipinski definition) is 0. The highest BCUT2D eigenvalue weighted by molar-refractivity contribution is 6.57. The standard InChI is InChI=1S/C18H8Cl10O2/c19-9-7(10(20)14(24)17(27)13(9)23)5(29)3-1-2-4-6(30)8-11(21)15(25)18(28)16(26)12(8)22/h1-4H2. The first-order chi connectivity index (χ1) is 13.9. The first-order valence-corrected chi connectivity index (χ1v) is 11.8. The molecule has 0 N–H and O–H groups in total. The summed E-state index contributed by atoms with van der Waals surface area (Å²) in [6.45, 7) is 0. The van der Waals surface area contributed by atoms with Crippen LogP contribution in [0.5, 0.6) is 0 Å². The van der Waals surface area contributed by atoms with E-state index in [1.54, 1.807) is 0 Å². The van der Waals surface area contributed by atoms with Gasteiger partial charge < -0.3 is 0 Å². The van der Waals surface area contributed by atoms with Gasteiger partial charge >= 0.3 is 0 Å². The summed E-state index contributed by atoms with van der Waals surface area (Å²) in [4.78, 5) is 25.1. The van der Waals surface area contributed by atoms with E-state index in [1.807, 2.05) is 0 Å². The van der Waals surface area contributed by atoms with Crippen LogP contribution in [0.25, 0.3) is 0 Å². The van der Waals surface area contributed by atoms with E-state index in [4.69, 9.17) is 116 Å². The van der Waals surface area contributed by atoms with Crippen molar-refractivity contribution >= 4 is 128 Å². The molecule has 2 aromatic rings. The SMILES string of the molecule is O=C(CCCCC(=O)c1c(Cl)c(Cl)c(Cl)c(Cl)c1Cl)c1c(Cl)c(Cl)c(Cl)c(Cl)c1Cl. The van der Waals surface area contributed by atoms with Crippen molar-refractivity contribution in [3.05, 3.63) is 61.4 Å². The topological polar surface area (TPSA) is 34.1 Å². The molecule has 2 aromatic carbocycles. The largest absolute Gasteiger partial charge is 0.294 e. The second-order valence-electron chi connectivity index (χ2n) is 5.94. The lowest BCUT2D eigenvalue weighted by Crippen LogP contribution is -2.05. The number of ketones is 2. The van der Waals surface area contributed by atoms with Crippen molar-refractivity contribution in [2.75, 3.05) is 0 Å². The lowest BCUT2D eigenvalue weighted by molar-refractivity contribution is 0.0955. The van der Waals surface area contributed by atoms with Crippen molar-refractivity contribution in [3.8, 4) is 0 Å². The fourth-order valence-corrected chi connectivity index (χ4v) is 5.22. The van der Waals surface area contributed by atoms with E-state index in [2.05, 4.69) is 0 Å². The number of rotatable bonds is 7. The summed E-state index contributed by atoms with van der Waals surface area (Å²) in [7, 11) is 0. The van der Waals surface area contributed by atoms with Crippen molar-refractivity contribution < 1.29 is 9.59 Å². The van der Waals surface area contributed by atoms with Gasteiger partial charge in [-0.05, 0) is 12.8 Å². The molecule has 0 aliphatic carbocycles. The molecule has 12 heteroatoms. The molecule has 0 saturated heterocycles. The molecule has 2 nitrogen and oxygen atoms in total. The van der Waals surface area contributed by atoms with Crippen molar-refractivity contribution in [2.24, 2.45) is 0 Å². The quantitative estimate of drug-likeness (QED) is 0.135. The van der Waals surface area contributed by atoms with Crippen molar-refractivity contribution in [1.29, 1.82) is 0 Å². The Hall–Kier alpha value is 0.680. The van der Waals surface area contributed by atoms with Crippen LogP contribution in [0.3, 0.4) is 0 Å². The summed E-state index contributed by atoms with van der Waals surface area (Å²) >= 11 is 60.1. The number of benzene rings is 2. The first kappa shape index (κ1) is 26.9. The summed E-state index contributed by atoms with van der Waals surface area (Å²) in [5, 5.41) is -0.656. The van der Waals surface area contributed by atoms with Crippen LogP contribution in [-0.2, 0) is 0 Å². The molecule has 0 heterocycles. The van der Waals surface area contributed by atoms with Gasteiger partial charge in [0.15, 0.2) is 11.6 Å². The lowest BCUT2D eigenvalue weighted by Gasteiger charge is -2.12. The molecule has 0 spiro atoms. The van der Waals surface area contributed by atoms with Gasteiger partial charge in [0.2, 0.25) is 0 Å². The smallest absolute Gasteiger partial charge is 0.165 e. The van der Waals surface area contributed by atoms with Crippen molar-refractivity contribution in [1.82, 2.24) is 0 Å². The molecule has 0 fully saturated rings. The van der Waals surface area contributed by atoms with Gasteiger partial charge in [0.1, 0.15) is 0 Å². The number of carbonyl (C=O) groups is 2. The summed E-state index contributed by atoms with van der Waals surface area (Å²) < 4.78 is 0. The fourth-order valence-electron chi connectivity index (χ4n) is 2.52. The van der Waals surface area contributed by atoms with Gasteiger partial charge in [-0.3, -0.25) is 9.59 Å². The number of hydrogen-bond acceptors (Lipinski definition) is 2. The fraction of sp³-hybridized carbons (Fsp3) is 0.222. The zero-order valence-corrected chi connectivity index (χ0v) is 22.0. The van der Waals surface area contributed by atoms with Crippen LogP contribution in [0.1, 0.15) is 46.4 Å². The minimum atomic E-state index is -0.397. The maximum absolute atomic E-state index is 12.5. The minimum absolute atomic E-state index is 0.0218. The van der Waals surface area contributed by atoms with Gasteiger partial charge in [-0.15, -0.1) is 0 Å². The van der Waals surface area contributed by atoms with Crippen LogP contribution in [-0.4, -0.2) is 11.6 Å². The molecule has 162 valence electrons. The van der Waals surface area contributed by atoms with E-state index in [0.717, 1.165) is 0 Å². The monoisotopic (exact) mass is 606 g/mol. The van der Waals surface area contributed by atoms with E-state index in [9.17, 15) is 9.59 Å². The molecule has 0 aliphatic rings. The van der Waals surface area contributed by atoms with E-state index in [0.29, 0.717) is 12.8 Å². The van der Waals surface area contributed by atoms with Gasteiger partial charge in [0, 0.05) is 12.8 Å². The molecule has 0 radical (unpaired) electrons. The maximum Gasteiger partial charge on any atom is 0.165 e. The molecular formula is C18H8Cl10O2. The molecule has 0 bridgehead atoms. The number of carbonyl (C=O) groups excluding carboxylic acids is 2. The number of Topliss-reactive ketones (excluding diaryl/α,β-unsaturated/α-hetero) is 2. The van der Waals surface area contributed by atoms with Crippen molar-refractivity contribution in [3.63, 3.8) is 0 Å². The van der Waals surface area contributed by atoms with Gasteiger partial charge in [0.25, 0.3) is 0 Å². The predicted molar refractivity (Wildman–Crippen MR) is 130 cm³/mol. The third-order valence-corrected chi connectivity index (χ3v) is 8.59. The lowest BCUT2D eigenvalue weighted by atomic mass is 10.0. The average Bonchev–Trinajstić information content (AvgIpc) is 2.71. The number of halogens is 10. The predicted octanol–water partition coefficient (Wildman–Crippen LogP) is 10.8. The Labute approximate surface area is 222 Å². The second-order valence-corrected chi connectivity index (χ2v) is 9.72. The van der Waals surface area contributed by atoms with Crippen LogP contribution >= 0.6 is 116 Å². The average molecular weight is 611 g/mol. The Kier molecular flexibility index (Phi) is 10.1. The molecule has 0 aliphatic heterocycles. The van der Waals surface area contributed by atoms with Gasteiger partial charge in [0.05, 0.1) is 61.4 Å². The molecule has 0 aromatic heterocycles. The third-order valence-electron chi connectivity index (χ3n) is 4.03. The van der Waals surface area contributed by atoms with E-state index in [1.165, 1.54) is 0 Å². The van der Waals surface area contributed by atoms with Crippen LogP contribution in [0.2, 0.25) is 50.2 Å². The second kappa shape index (κ2) is 11.2. The Bertz CT molecular complexity index is 907. The third kappa shape index (κ3) is 5.42. The van der Waals surface area contributed by atoms with E-state index in [-0.39, 0.29) is 74.2 Å². The van der Waals surface area contributed by atoms with Gasteiger partial charge in [-0.2, -0.15) is 0 Å². The minimum Gasteiger partial charge on any atom is -0.294 e. The zero-order valence-electron chi connectivity index (χ0n) is 14.4. The zero-order chi connectivity index (χ0) is 22.9. The van der Waals surface area contributed by atoms with Crippen LogP contribution < -0.4 is 0 Å². The van der Waals surface area contributed by atoms with Crippen LogP contribution in [0, 0.1) is 0 Å². The Morgan fingerprint density at radius 3 is 0.833 bits per heavy atom. The highest BCUT2D eigenvalue weighted by Gasteiger charge is 2.25. The molecule has 0 atom stereocenters. The van der Waals surface area contributed by atoms with Crippen molar-refractivity contribution in [2.45, 2.75) is 25.7 Å². The Morgan fingerprint density at radius 2 is 0.600 bits per heavy atom. The van der Waals surface area contributed by atoms with Crippen LogP contribution in [0.4, 0.5) is 0 Å². The molecule has 2 rings (SSSR count). The molecule has 0 saturated carbocycles. The Balaban J connectivity index is 2.08. The Morgan fingerprint density at radius 1 is 0.400 bits per heavy atom. The number of unbranched alkanes of at least 4 members (excludes halogenated alkanes) is 1. The summed E-state index contributed by atoms with van der Waals surface area (Å²) in [5.74, 6) is -0.793. The summed E-state index contributed by atoms with van der Waals surface area (Å²) in [6.07, 6.45) is 0.730. The first-order valence-electron chi connectivity index (χ1n) is 8.01. The van der Waals surface area contributed by atoms with E-state index >= 15 is 0 Å². The maximum atomic E-state index is 12.5. The molecule has 30 heavy (non-hydrogen) atoms. The van der Waals surface area contributed by atoms with E-state index < -0.39 is 11.6 Å². The highest BCUT2D eigenvalue weighted by Crippen LogP contribution is 2.45. The van der Waals surface area contributed by atoms with Gasteiger partial charge in [-0.1, -0.05) is 116 Å². The van der Waals surface area contributed by atoms with Crippen LogP contribution in [0.15, 0.2) is 0 Å². The summed E-state index contributed by atoms with van der Waals surface area (Å²) in [5.41, 5.74) is -0.0437. The molecule has 0 unspecified atom stereocenters. The highest BCUT2D eigenvalue weighted by atomic mass is 35.5. The molecule has 0 amide bonds. The molecular weight excluding hydrogens is 603 g/mol.